The Balaban J connectivity index is 0.000000562. The average molecular weight is 319 g/mol. The molecule has 2 aliphatic rings. The number of fused-ring (bicyclic) bond motifs is 2. The fourth-order valence-corrected chi connectivity index (χ4v) is 3.23. The number of aryl methyl sites for hydroxylation is 2. The minimum atomic E-state index is 0. The summed E-state index contributed by atoms with van der Waals surface area (Å²) in [5, 5.41) is 0. The maximum absolute atomic E-state index is 2.46. The fourth-order valence-electron chi connectivity index (χ4n) is 2.38. The molecule has 0 N–H and O–H groups in total. The van der Waals surface area contributed by atoms with Crippen LogP contribution in [0.15, 0.2) is 18.2 Å². The Hall–Kier alpha value is 0.423. The number of allylic oxidation sites excluding steroid dienone is 1. The molecule has 0 spiro atoms. The van der Waals surface area contributed by atoms with Crippen LogP contribution in [0.2, 0.25) is 0 Å². The van der Waals surface area contributed by atoms with Crippen molar-refractivity contribution >= 4 is 30.9 Å². The first-order valence-corrected chi connectivity index (χ1v) is 6.31. The van der Waals surface area contributed by atoms with Crippen LogP contribution in [0.1, 0.15) is 32.3 Å². The molecule has 3 heteroatoms. The third-order valence-corrected chi connectivity index (χ3v) is 4.34. The van der Waals surface area contributed by atoms with Gasteiger partial charge in [-0.2, -0.15) is 0 Å². The van der Waals surface area contributed by atoms with Gasteiger partial charge in [0.2, 0.25) is 0 Å². The van der Waals surface area contributed by atoms with E-state index in [4.69, 9.17) is 0 Å². The molecule has 79 valence electrons. The first-order valence-electron chi connectivity index (χ1n) is 4.89. The Labute approximate surface area is 118 Å². The van der Waals surface area contributed by atoms with Gasteiger partial charge in [-0.1, -0.05) is 0 Å². The summed E-state index contributed by atoms with van der Waals surface area (Å²) in [5.41, 5.74) is 6.30. The van der Waals surface area contributed by atoms with E-state index in [1.807, 2.05) is 0 Å². The molecule has 0 fully saturated rings. The molecule has 0 radical (unpaired) electrons. The van der Waals surface area contributed by atoms with Crippen molar-refractivity contribution in [2.75, 3.05) is 0 Å². The molecule has 0 saturated heterocycles. The zero-order chi connectivity index (χ0) is 8.84. The summed E-state index contributed by atoms with van der Waals surface area (Å²) in [4.78, 5) is 0. The Kier molecular flexibility index (Phi) is 4.65. The summed E-state index contributed by atoms with van der Waals surface area (Å²) >= 11 is 1.62. The van der Waals surface area contributed by atoms with Gasteiger partial charge in [0.25, 0.3) is 0 Å². The van der Waals surface area contributed by atoms with E-state index in [9.17, 15) is 0 Å². The molecule has 0 bridgehead atoms. The minimum absolute atomic E-state index is 0. The van der Waals surface area contributed by atoms with Crippen molar-refractivity contribution in [3.05, 3.63) is 40.5 Å². The maximum atomic E-state index is 2.46. The van der Waals surface area contributed by atoms with Gasteiger partial charge in [-0.15, -0.1) is 24.8 Å². The predicted octanol–water partition coefficient (Wildman–Crippen LogP) is 3.63. The molecule has 0 aliphatic heterocycles. The summed E-state index contributed by atoms with van der Waals surface area (Å²) < 4.78 is 0.730. The number of rotatable bonds is 0. The Morgan fingerprint density at radius 3 is 2.47 bits per heavy atom. The van der Waals surface area contributed by atoms with Crippen LogP contribution in [0.3, 0.4) is 0 Å². The summed E-state index contributed by atoms with van der Waals surface area (Å²) in [6, 6.07) is 4.87. The molecule has 1 unspecified atom stereocenters. The molecule has 15 heavy (non-hydrogen) atoms. The molecule has 0 nitrogen and oxygen atoms in total. The molecular weight excluding hydrogens is 306 g/mol. The van der Waals surface area contributed by atoms with E-state index in [2.05, 4.69) is 24.3 Å². The molecule has 0 amide bonds. The summed E-state index contributed by atoms with van der Waals surface area (Å²) in [6.07, 6.45) is 8.62. The molecule has 1 atom stereocenters. The standard InChI is InChI=1S/C12H11.2ClH.Zr/c1-3-9-7-11-5-2-6-12(11)8-10(9)4-1;;;/h1,3-4,7-8H,2,5-6H2;2*1H;. The van der Waals surface area contributed by atoms with Crippen molar-refractivity contribution < 1.29 is 24.7 Å². The molecule has 2 aliphatic carbocycles. The normalized spacial score (nSPS) is 20.1. The van der Waals surface area contributed by atoms with Crippen LogP contribution >= 0.6 is 24.8 Å². The van der Waals surface area contributed by atoms with E-state index in [0.717, 1.165) is 3.63 Å². The van der Waals surface area contributed by atoms with Crippen LogP contribution in [0.5, 0.6) is 0 Å². The van der Waals surface area contributed by atoms with Crippen LogP contribution in [0.25, 0.3) is 6.08 Å². The van der Waals surface area contributed by atoms with Crippen molar-refractivity contribution in [2.24, 2.45) is 0 Å². The number of benzene rings is 1. The Morgan fingerprint density at radius 2 is 1.73 bits per heavy atom. The zero-order valence-electron chi connectivity index (χ0n) is 8.32. The van der Waals surface area contributed by atoms with Crippen LogP contribution in [-0.2, 0) is 37.6 Å². The summed E-state index contributed by atoms with van der Waals surface area (Å²) in [5.74, 6) is 0. The van der Waals surface area contributed by atoms with Gasteiger partial charge in [-0.25, -0.2) is 0 Å². The third-order valence-electron chi connectivity index (χ3n) is 3.10. The van der Waals surface area contributed by atoms with E-state index in [1.54, 1.807) is 41.4 Å². The number of hydrogen-bond acceptors (Lipinski definition) is 0. The van der Waals surface area contributed by atoms with Gasteiger partial charge in [0.1, 0.15) is 0 Å². The molecule has 1 aromatic rings. The summed E-state index contributed by atoms with van der Waals surface area (Å²) in [6.45, 7) is 0. The Bertz CT molecular complexity index is 399. The zero-order valence-corrected chi connectivity index (χ0v) is 12.4. The van der Waals surface area contributed by atoms with Crippen molar-refractivity contribution in [1.29, 1.82) is 0 Å². The quantitative estimate of drug-likeness (QED) is 0.685. The van der Waals surface area contributed by atoms with Gasteiger partial charge in [0, 0.05) is 0 Å². The molecule has 0 aromatic heterocycles. The second-order valence-electron chi connectivity index (χ2n) is 3.94. The van der Waals surface area contributed by atoms with Crippen molar-refractivity contribution in [2.45, 2.75) is 22.9 Å². The SMILES string of the molecule is Cl.Cl.[Zr][CH]1C=Cc2cc3c(cc21)CCC3. The molecular formula is C12H13Cl2Zr. The molecule has 3 rings (SSSR count). The van der Waals surface area contributed by atoms with E-state index in [0.29, 0.717) is 0 Å². The van der Waals surface area contributed by atoms with Gasteiger partial charge in [0.15, 0.2) is 0 Å². The van der Waals surface area contributed by atoms with Crippen molar-refractivity contribution in [3.8, 4) is 0 Å². The van der Waals surface area contributed by atoms with Crippen LogP contribution < -0.4 is 0 Å². The fraction of sp³-hybridized carbons (Fsp3) is 0.333. The molecule has 1 aromatic carbocycles. The first kappa shape index (κ1) is 13.5. The van der Waals surface area contributed by atoms with E-state index < -0.39 is 0 Å². The topological polar surface area (TPSA) is 0 Å². The van der Waals surface area contributed by atoms with Gasteiger partial charge < -0.3 is 0 Å². The van der Waals surface area contributed by atoms with E-state index in [-0.39, 0.29) is 24.8 Å². The second kappa shape index (κ2) is 5.17. The molecule has 0 saturated carbocycles. The van der Waals surface area contributed by atoms with Crippen molar-refractivity contribution in [1.82, 2.24) is 0 Å². The molecule has 0 heterocycles. The van der Waals surface area contributed by atoms with Gasteiger partial charge >= 0.3 is 94.1 Å². The van der Waals surface area contributed by atoms with E-state index >= 15 is 0 Å². The average Bonchev–Trinajstić information content (AvgIpc) is 2.70. The van der Waals surface area contributed by atoms with Gasteiger partial charge in [-0.3, -0.25) is 0 Å². The monoisotopic (exact) mass is 317 g/mol. The first-order chi connectivity index (χ1) is 6.34. The number of halogens is 2. The predicted molar refractivity (Wildman–Crippen MR) is 64.7 cm³/mol. The Morgan fingerprint density at radius 1 is 1.07 bits per heavy atom. The van der Waals surface area contributed by atoms with Crippen LogP contribution in [-0.4, -0.2) is 0 Å². The van der Waals surface area contributed by atoms with Crippen molar-refractivity contribution in [3.63, 3.8) is 0 Å². The second-order valence-corrected chi connectivity index (χ2v) is 5.47. The van der Waals surface area contributed by atoms with E-state index in [1.165, 1.54) is 24.8 Å². The third kappa shape index (κ3) is 2.25. The summed E-state index contributed by atoms with van der Waals surface area (Å²) in [7, 11) is 0. The van der Waals surface area contributed by atoms with Crippen LogP contribution in [0.4, 0.5) is 0 Å². The van der Waals surface area contributed by atoms with Gasteiger partial charge in [0.05, 0.1) is 0 Å². The van der Waals surface area contributed by atoms with Gasteiger partial charge in [-0.05, 0) is 0 Å². The number of hydrogen-bond donors (Lipinski definition) is 0. The van der Waals surface area contributed by atoms with Crippen LogP contribution in [0, 0.1) is 0 Å².